The number of ether oxygens (including phenoxy) is 1. The van der Waals surface area contributed by atoms with E-state index in [9.17, 15) is 9.59 Å². The molecule has 2 fully saturated rings. The third-order valence-electron chi connectivity index (χ3n) is 5.34. The lowest BCUT2D eigenvalue weighted by atomic mass is 10.1. The number of hydrogen-bond acceptors (Lipinski definition) is 5. The van der Waals surface area contributed by atoms with Crippen molar-refractivity contribution in [2.75, 3.05) is 57.4 Å². The molecule has 1 atom stereocenters. The Morgan fingerprint density at radius 2 is 1.96 bits per heavy atom. The van der Waals surface area contributed by atoms with Crippen molar-refractivity contribution in [2.24, 2.45) is 0 Å². The average Bonchev–Trinajstić information content (AvgIpc) is 2.66. The lowest BCUT2D eigenvalue weighted by Crippen LogP contribution is -2.51. The van der Waals surface area contributed by atoms with Crippen molar-refractivity contribution in [3.8, 4) is 0 Å². The second kappa shape index (κ2) is 9.19. The Morgan fingerprint density at radius 3 is 2.67 bits per heavy atom. The van der Waals surface area contributed by atoms with Crippen molar-refractivity contribution in [1.29, 1.82) is 0 Å². The van der Waals surface area contributed by atoms with Gasteiger partial charge in [-0.2, -0.15) is 0 Å². The SMILES string of the molecule is Cc1cccc(N2CCN(CCC(=O)N3CCOC[C@H]3CC(=O)O)CC2)c1. The molecule has 2 saturated heterocycles. The van der Waals surface area contributed by atoms with E-state index in [1.54, 1.807) is 4.90 Å². The summed E-state index contributed by atoms with van der Waals surface area (Å²) in [6.07, 6.45) is 0.376. The van der Waals surface area contributed by atoms with E-state index in [1.165, 1.54) is 11.3 Å². The maximum atomic E-state index is 12.6. The molecule has 2 aliphatic rings. The Balaban J connectivity index is 1.45. The van der Waals surface area contributed by atoms with Crippen molar-refractivity contribution in [3.05, 3.63) is 29.8 Å². The fraction of sp³-hybridized carbons (Fsp3) is 0.600. The predicted molar refractivity (Wildman–Crippen MR) is 103 cm³/mol. The number of aryl methyl sites for hydroxylation is 1. The molecule has 1 N–H and O–H groups in total. The number of carboxylic acids is 1. The zero-order valence-electron chi connectivity index (χ0n) is 16.0. The predicted octanol–water partition coefficient (Wildman–Crippen LogP) is 1.21. The van der Waals surface area contributed by atoms with Gasteiger partial charge in [-0.3, -0.25) is 14.5 Å². The van der Waals surface area contributed by atoms with Crippen LogP contribution in [0.15, 0.2) is 24.3 Å². The number of anilines is 1. The van der Waals surface area contributed by atoms with E-state index in [4.69, 9.17) is 9.84 Å². The van der Waals surface area contributed by atoms with Crippen LogP contribution < -0.4 is 4.90 Å². The molecule has 27 heavy (non-hydrogen) atoms. The molecule has 0 saturated carbocycles. The molecule has 0 spiro atoms. The van der Waals surface area contributed by atoms with Gasteiger partial charge in [-0.05, 0) is 24.6 Å². The largest absolute Gasteiger partial charge is 0.481 e. The molecular formula is C20H29N3O4. The van der Waals surface area contributed by atoms with Gasteiger partial charge < -0.3 is 19.6 Å². The molecule has 0 bridgehead atoms. The van der Waals surface area contributed by atoms with E-state index >= 15 is 0 Å². The van der Waals surface area contributed by atoms with Crippen molar-refractivity contribution in [3.63, 3.8) is 0 Å². The number of rotatable bonds is 6. The minimum atomic E-state index is -0.893. The molecule has 148 valence electrons. The van der Waals surface area contributed by atoms with Crippen LogP contribution in [0.3, 0.4) is 0 Å². The Kier molecular flexibility index (Phi) is 6.68. The molecule has 7 heteroatoms. The Bertz CT molecular complexity index is 658. The highest BCUT2D eigenvalue weighted by atomic mass is 16.5. The topological polar surface area (TPSA) is 73.3 Å². The van der Waals surface area contributed by atoms with Crippen LogP contribution >= 0.6 is 0 Å². The van der Waals surface area contributed by atoms with E-state index in [0.717, 1.165) is 32.7 Å². The summed E-state index contributed by atoms with van der Waals surface area (Å²) in [6.45, 7) is 7.88. The summed E-state index contributed by atoms with van der Waals surface area (Å²) in [5.41, 5.74) is 2.53. The normalized spacial score (nSPS) is 21.3. The number of carbonyl (C=O) groups is 2. The van der Waals surface area contributed by atoms with Gasteiger partial charge in [-0.1, -0.05) is 12.1 Å². The Hall–Kier alpha value is -2.12. The van der Waals surface area contributed by atoms with Gasteiger partial charge in [0.05, 0.1) is 25.7 Å². The lowest BCUT2D eigenvalue weighted by Gasteiger charge is -2.37. The number of piperazine rings is 1. The number of nitrogens with zero attached hydrogens (tertiary/aromatic N) is 3. The summed E-state index contributed by atoms with van der Waals surface area (Å²) in [4.78, 5) is 30.0. The summed E-state index contributed by atoms with van der Waals surface area (Å²) in [5, 5.41) is 9.03. The first-order valence-corrected chi connectivity index (χ1v) is 9.66. The van der Waals surface area contributed by atoms with Crippen LogP contribution in [0.5, 0.6) is 0 Å². The summed E-state index contributed by atoms with van der Waals surface area (Å²) in [6, 6.07) is 8.20. The van der Waals surface area contributed by atoms with E-state index < -0.39 is 5.97 Å². The molecule has 1 aromatic rings. The maximum absolute atomic E-state index is 12.6. The van der Waals surface area contributed by atoms with Crippen LogP contribution in [0, 0.1) is 6.92 Å². The molecule has 0 unspecified atom stereocenters. The van der Waals surface area contributed by atoms with Crippen LogP contribution in [0.4, 0.5) is 5.69 Å². The highest BCUT2D eigenvalue weighted by molar-refractivity contribution is 5.78. The fourth-order valence-corrected chi connectivity index (χ4v) is 3.81. The van der Waals surface area contributed by atoms with Crippen LogP contribution in [0.25, 0.3) is 0 Å². The van der Waals surface area contributed by atoms with E-state index in [1.807, 2.05) is 0 Å². The van der Waals surface area contributed by atoms with Gasteiger partial charge in [-0.25, -0.2) is 0 Å². The molecule has 0 radical (unpaired) electrons. The Morgan fingerprint density at radius 1 is 1.19 bits per heavy atom. The van der Waals surface area contributed by atoms with E-state index in [2.05, 4.69) is 41.0 Å². The molecule has 2 aliphatic heterocycles. The maximum Gasteiger partial charge on any atom is 0.305 e. The van der Waals surface area contributed by atoms with Crippen LogP contribution in [-0.2, 0) is 14.3 Å². The lowest BCUT2D eigenvalue weighted by molar-refractivity contribution is -0.146. The molecule has 1 aromatic carbocycles. The van der Waals surface area contributed by atoms with Gasteiger partial charge in [-0.15, -0.1) is 0 Å². The first-order chi connectivity index (χ1) is 13.0. The highest BCUT2D eigenvalue weighted by Crippen LogP contribution is 2.18. The summed E-state index contributed by atoms with van der Waals surface area (Å²) < 4.78 is 5.35. The first kappa shape index (κ1) is 19.6. The number of carbonyl (C=O) groups excluding carboxylic acids is 1. The number of morpholine rings is 1. The Labute approximate surface area is 160 Å². The zero-order valence-corrected chi connectivity index (χ0v) is 16.0. The number of amides is 1. The monoisotopic (exact) mass is 375 g/mol. The second-order valence-corrected chi connectivity index (χ2v) is 7.33. The molecular weight excluding hydrogens is 346 g/mol. The van der Waals surface area contributed by atoms with Crippen LogP contribution in [-0.4, -0.2) is 85.3 Å². The smallest absolute Gasteiger partial charge is 0.305 e. The number of carboxylic acid groups (broad SMARTS) is 1. The first-order valence-electron chi connectivity index (χ1n) is 9.66. The second-order valence-electron chi connectivity index (χ2n) is 7.33. The van der Waals surface area contributed by atoms with Crippen molar-refractivity contribution in [1.82, 2.24) is 9.80 Å². The highest BCUT2D eigenvalue weighted by Gasteiger charge is 2.29. The van der Waals surface area contributed by atoms with Crippen molar-refractivity contribution < 1.29 is 19.4 Å². The zero-order chi connectivity index (χ0) is 19.2. The average molecular weight is 375 g/mol. The van der Waals surface area contributed by atoms with Gasteiger partial charge >= 0.3 is 5.97 Å². The quantitative estimate of drug-likeness (QED) is 0.806. The van der Waals surface area contributed by atoms with E-state index in [0.29, 0.717) is 26.2 Å². The number of hydrogen-bond donors (Lipinski definition) is 1. The number of aliphatic carboxylic acids is 1. The van der Waals surface area contributed by atoms with Crippen molar-refractivity contribution >= 4 is 17.6 Å². The van der Waals surface area contributed by atoms with Gasteiger partial charge in [0, 0.05) is 51.4 Å². The summed E-state index contributed by atoms with van der Waals surface area (Å²) >= 11 is 0. The molecule has 0 aliphatic carbocycles. The molecule has 1 amide bonds. The van der Waals surface area contributed by atoms with Gasteiger partial charge in [0.25, 0.3) is 0 Å². The summed E-state index contributed by atoms with van der Waals surface area (Å²) in [7, 11) is 0. The third kappa shape index (κ3) is 5.43. The molecule has 0 aromatic heterocycles. The minimum absolute atomic E-state index is 0.0330. The third-order valence-corrected chi connectivity index (χ3v) is 5.34. The fourth-order valence-electron chi connectivity index (χ4n) is 3.81. The standard InChI is InChI=1S/C20H29N3O4/c1-16-3-2-4-17(13-16)22-9-7-21(8-10-22)6-5-19(24)23-11-12-27-15-18(23)14-20(25)26/h2-4,13,18H,5-12,14-15H2,1H3,(H,25,26)/t18-/m1/s1. The van der Waals surface area contributed by atoms with Gasteiger partial charge in [0.1, 0.15) is 0 Å². The van der Waals surface area contributed by atoms with E-state index in [-0.39, 0.29) is 18.4 Å². The minimum Gasteiger partial charge on any atom is -0.481 e. The van der Waals surface area contributed by atoms with Crippen LogP contribution in [0.2, 0.25) is 0 Å². The molecule has 7 nitrogen and oxygen atoms in total. The summed E-state index contributed by atoms with van der Waals surface area (Å²) in [5.74, 6) is -0.860. The van der Waals surface area contributed by atoms with Gasteiger partial charge in [0.2, 0.25) is 5.91 Å². The molecule has 2 heterocycles. The van der Waals surface area contributed by atoms with Crippen LogP contribution in [0.1, 0.15) is 18.4 Å². The van der Waals surface area contributed by atoms with Crippen molar-refractivity contribution in [2.45, 2.75) is 25.8 Å². The number of benzene rings is 1. The molecule has 3 rings (SSSR count). The van der Waals surface area contributed by atoms with Gasteiger partial charge in [0.15, 0.2) is 0 Å².